The molecule has 182 valence electrons. The van der Waals surface area contributed by atoms with Gasteiger partial charge in [0, 0.05) is 17.2 Å². The van der Waals surface area contributed by atoms with Gasteiger partial charge in [-0.15, -0.1) is 0 Å². The van der Waals surface area contributed by atoms with Crippen molar-refractivity contribution in [3.05, 3.63) is 75.8 Å². The van der Waals surface area contributed by atoms with Crippen molar-refractivity contribution in [2.24, 2.45) is 5.73 Å². The van der Waals surface area contributed by atoms with Gasteiger partial charge < -0.3 is 26.0 Å². The summed E-state index contributed by atoms with van der Waals surface area (Å²) in [7, 11) is 0. The summed E-state index contributed by atoms with van der Waals surface area (Å²) in [6.07, 6.45) is -0.752. The monoisotopic (exact) mass is 489 g/mol. The van der Waals surface area contributed by atoms with Crippen molar-refractivity contribution in [2.75, 3.05) is 0 Å². The van der Waals surface area contributed by atoms with E-state index in [4.69, 9.17) is 11.1 Å². The van der Waals surface area contributed by atoms with Crippen LogP contribution in [-0.4, -0.2) is 48.0 Å². The molecule has 3 aromatic carbocycles. The Labute approximate surface area is 202 Å². The summed E-state index contributed by atoms with van der Waals surface area (Å²) in [6.45, 7) is 0. The number of rotatable bonds is 8. The predicted octanol–water partition coefficient (Wildman–Crippen LogP) is 3.44. The molecule has 12 nitrogen and oxygen atoms in total. The molecule has 0 amide bonds. The van der Waals surface area contributed by atoms with Crippen LogP contribution in [0, 0.1) is 15.5 Å². The minimum absolute atomic E-state index is 0.00994. The number of carbonyl (C=O) groups is 2. The molecule has 0 saturated heterocycles. The number of nitrogens with one attached hydrogen (secondary N) is 2. The first-order chi connectivity index (χ1) is 17.1. The van der Waals surface area contributed by atoms with E-state index < -0.39 is 35.0 Å². The average molecular weight is 489 g/mol. The second-order valence-electron chi connectivity index (χ2n) is 7.96. The maximum Gasteiger partial charge on any atom is 0.311 e. The van der Waals surface area contributed by atoms with E-state index in [0.29, 0.717) is 16.6 Å². The summed E-state index contributed by atoms with van der Waals surface area (Å²) in [6, 6.07) is 12.9. The van der Waals surface area contributed by atoms with Gasteiger partial charge in [-0.1, -0.05) is 12.1 Å². The molecule has 1 atom stereocenters. The van der Waals surface area contributed by atoms with Crippen molar-refractivity contribution >= 4 is 34.5 Å². The number of aromatic nitrogens is 2. The van der Waals surface area contributed by atoms with Crippen molar-refractivity contribution < 1.29 is 29.8 Å². The molecule has 0 aliphatic heterocycles. The topological polar surface area (TPSA) is 217 Å². The Morgan fingerprint density at radius 3 is 2.42 bits per heavy atom. The van der Waals surface area contributed by atoms with Gasteiger partial charge in [0.05, 0.1) is 39.4 Å². The number of carboxylic acid groups (broad SMARTS) is 2. The number of hydrogen-bond donors (Lipinski definition) is 6. The van der Waals surface area contributed by atoms with E-state index in [-0.39, 0.29) is 39.6 Å². The van der Waals surface area contributed by atoms with Gasteiger partial charge in [-0.25, -0.2) is 4.98 Å². The van der Waals surface area contributed by atoms with E-state index in [2.05, 4.69) is 9.97 Å². The zero-order valence-corrected chi connectivity index (χ0v) is 18.4. The lowest BCUT2D eigenvalue weighted by Gasteiger charge is -2.16. The van der Waals surface area contributed by atoms with E-state index in [9.17, 15) is 35.0 Å². The number of benzene rings is 3. The lowest BCUT2D eigenvalue weighted by molar-refractivity contribution is -0.384. The second kappa shape index (κ2) is 9.18. The van der Waals surface area contributed by atoms with Crippen LogP contribution in [0.1, 0.15) is 23.5 Å². The molecule has 7 N–H and O–H groups in total. The first-order valence-electron chi connectivity index (χ1n) is 10.5. The number of amidine groups is 1. The number of phenolic OH excluding ortho intramolecular Hbond substituents is 1. The van der Waals surface area contributed by atoms with Crippen LogP contribution < -0.4 is 5.73 Å². The third-order valence-corrected chi connectivity index (χ3v) is 5.65. The number of nitrogens with zero attached hydrogens (tertiary/aromatic N) is 2. The number of aromatic amines is 1. The Morgan fingerprint density at radius 1 is 1.08 bits per heavy atom. The number of nitrogens with two attached hydrogens (primary N) is 1. The standard InChI is InChI=1S/C24H19N5O7/c25-22(26)11-5-6-17-18(9-11)28-23(27-17)16-8-12(14(24(33)34)10-20(30)31)7-15(21(16)32)13-3-1-2-4-19(13)29(35)36/h1-9,14,32H,10H2,(H3,25,26)(H,27,28)(H,30,31)(H,33,34). The van der Waals surface area contributed by atoms with E-state index in [1.54, 1.807) is 18.2 Å². The largest absolute Gasteiger partial charge is 0.507 e. The number of nitro benzene ring substituents is 1. The van der Waals surface area contributed by atoms with Crippen molar-refractivity contribution in [3.63, 3.8) is 0 Å². The highest BCUT2D eigenvalue weighted by molar-refractivity contribution is 5.98. The maximum atomic E-state index is 11.9. The van der Waals surface area contributed by atoms with Crippen LogP contribution in [0.15, 0.2) is 54.6 Å². The number of H-pyrrole nitrogens is 1. The fraction of sp³-hybridized carbons (Fsp3) is 0.0833. The molecule has 0 spiro atoms. The summed E-state index contributed by atoms with van der Waals surface area (Å²) < 4.78 is 0. The van der Waals surface area contributed by atoms with Crippen molar-refractivity contribution in [1.29, 1.82) is 5.41 Å². The number of fused-ring (bicyclic) bond motifs is 1. The molecule has 0 fully saturated rings. The number of para-hydroxylation sites is 1. The first-order valence-corrected chi connectivity index (χ1v) is 10.5. The number of carboxylic acids is 2. The molecule has 0 saturated carbocycles. The van der Waals surface area contributed by atoms with E-state index >= 15 is 0 Å². The third-order valence-electron chi connectivity index (χ3n) is 5.65. The molecule has 0 aliphatic carbocycles. The Bertz CT molecular complexity index is 1560. The van der Waals surface area contributed by atoms with Gasteiger partial charge in [0.2, 0.25) is 0 Å². The minimum Gasteiger partial charge on any atom is -0.507 e. The molecule has 0 bridgehead atoms. The Balaban J connectivity index is 2.01. The van der Waals surface area contributed by atoms with Crippen molar-refractivity contribution in [2.45, 2.75) is 12.3 Å². The molecule has 1 heterocycles. The molecule has 1 unspecified atom stereocenters. The number of phenols is 1. The summed E-state index contributed by atoms with van der Waals surface area (Å²) in [5.74, 6) is -4.77. The van der Waals surface area contributed by atoms with Crippen molar-refractivity contribution in [1.82, 2.24) is 9.97 Å². The van der Waals surface area contributed by atoms with E-state index in [0.717, 1.165) is 0 Å². The van der Waals surface area contributed by atoms with Gasteiger partial charge in [0.25, 0.3) is 5.69 Å². The number of nitro groups is 1. The fourth-order valence-corrected chi connectivity index (χ4v) is 3.93. The van der Waals surface area contributed by atoms with Crippen molar-refractivity contribution in [3.8, 4) is 28.3 Å². The van der Waals surface area contributed by atoms with E-state index in [1.807, 2.05) is 0 Å². The minimum atomic E-state index is -1.50. The summed E-state index contributed by atoms with van der Waals surface area (Å²) in [5, 5.41) is 49.4. The molecule has 0 radical (unpaired) electrons. The highest BCUT2D eigenvalue weighted by atomic mass is 16.6. The molecule has 4 rings (SSSR count). The van der Waals surface area contributed by atoms with Crippen LogP contribution in [-0.2, 0) is 9.59 Å². The zero-order valence-electron chi connectivity index (χ0n) is 18.4. The Morgan fingerprint density at radius 2 is 1.78 bits per heavy atom. The normalized spacial score (nSPS) is 11.8. The van der Waals surface area contributed by atoms with Gasteiger partial charge in [0.15, 0.2) is 0 Å². The molecule has 1 aromatic heterocycles. The number of aliphatic carboxylic acids is 2. The zero-order chi connectivity index (χ0) is 26.1. The lowest BCUT2D eigenvalue weighted by Crippen LogP contribution is -2.16. The van der Waals surface area contributed by atoms with Crippen LogP contribution in [0.3, 0.4) is 0 Å². The van der Waals surface area contributed by atoms with Crippen LogP contribution in [0.4, 0.5) is 5.69 Å². The summed E-state index contributed by atoms with van der Waals surface area (Å²) >= 11 is 0. The number of nitrogen functional groups attached to an aromatic ring is 1. The highest BCUT2D eigenvalue weighted by Gasteiger charge is 2.28. The number of aromatic hydroxyl groups is 1. The first kappa shape index (κ1) is 23.9. The molecule has 0 aliphatic rings. The summed E-state index contributed by atoms with van der Waals surface area (Å²) in [5.41, 5.74) is 6.52. The van der Waals surface area contributed by atoms with Crippen LogP contribution in [0.25, 0.3) is 33.5 Å². The Hall–Kier alpha value is -5.26. The van der Waals surface area contributed by atoms with Crippen LogP contribution >= 0.6 is 0 Å². The van der Waals surface area contributed by atoms with Crippen LogP contribution in [0.5, 0.6) is 5.75 Å². The number of hydrogen-bond acceptors (Lipinski definition) is 7. The molecule has 12 heteroatoms. The van der Waals surface area contributed by atoms with Gasteiger partial charge in [0.1, 0.15) is 17.4 Å². The molecule has 36 heavy (non-hydrogen) atoms. The predicted molar refractivity (Wildman–Crippen MR) is 129 cm³/mol. The fourth-order valence-electron chi connectivity index (χ4n) is 3.93. The van der Waals surface area contributed by atoms with Gasteiger partial charge in [-0.2, -0.15) is 0 Å². The van der Waals surface area contributed by atoms with Gasteiger partial charge in [-0.05, 0) is 42.0 Å². The quantitative estimate of drug-likeness (QED) is 0.0923. The SMILES string of the molecule is N=C(N)c1ccc2nc(-c3cc(C(CC(=O)O)C(=O)O)cc(-c4ccccc4[N+](=O)[O-])c3O)[nH]c2c1. The second-order valence-corrected chi connectivity index (χ2v) is 7.96. The molecule has 4 aromatic rings. The Kier molecular flexibility index (Phi) is 6.09. The number of imidazole rings is 1. The summed E-state index contributed by atoms with van der Waals surface area (Å²) in [4.78, 5) is 41.7. The smallest absolute Gasteiger partial charge is 0.311 e. The highest BCUT2D eigenvalue weighted by Crippen LogP contribution is 2.43. The lowest BCUT2D eigenvalue weighted by atomic mass is 9.89. The third kappa shape index (κ3) is 4.42. The average Bonchev–Trinajstić information content (AvgIpc) is 3.25. The van der Waals surface area contributed by atoms with E-state index in [1.165, 1.54) is 36.4 Å². The molecular formula is C24H19N5O7. The van der Waals surface area contributed by atoms with Crippen LogP contribution in [0.2, 0.25) is 0 Å². The van der Waals surface area contributed by atoms with Gasteiger partial charge >= 0.3 is 11.9 Å². The molecular weight excluding hydrogens is 470 g/mol. The van der Waals surface area contributed by atoms with Gasteiger partial charge in [-0.3, -0.25) is 25.1 Å². The maximum absolute atomic E-state index is 11.9.